The van der Waals surface area contributed by atoms with Gasteiger partial charge in [0.05, 0.1) is 11.6 Å². The van der Waals surface area contributed by atoms with E-state index < -0.39 is 0 Å². The van der Waals surface area contributed by atoms with Crippen LogP contribution in [0.2, 0.25) is 5.02 Å². The van der Waals surface area contributed by atoms with E-state index in [1.165, 1.54) is 18.9 Å². The minimum Gasteiger partial charge on any atom is -0.357 e. The lowest BCUT2D eigenvalue weighted by atomic mass is 10.2. The van der Waals surface area contributed by atoms with E-state index in [-0.39, 0.29) is 10.8 Å². The highest BCUT2D eigenvalue weighted by Gasteiger charge is 2.15. The van der Waals surface area contributed by atoms with Crippen molar-refractivity contribution in [3.63, 3.8) is 0 Å². The number of guanidine groups is 1. The largest absolute Gasteiger partial charge is 0.357 e. The molecule has 19 heavy (non-hydrogen) atoms. The number of hydrogen-bond donors (Lipinski definition) is 1. The summed E-state index contributed by atoms with van der Waals surface area (Å²) in [5.74, 6) is 0.543. The molecule has 1 saturated heterocycles. The van der Waals surface area contributed by atoms with Crippen LogP contribution in [-0.4, -0.2) is 30.5 Å². The molecule has 0 aliphatic carbocycles. The quantitative estimate of drug-likeness (QED) is 0.682. The summed E-state index contributed by atoms with van der Waals surface area (Å²) in [7, 11) is 0. The molecular formula is C14H19ClFN3. The second kappa shape index (κ2) is 6.75. The smallest absolute Gasteiger partial charge is 0.194 e. The first kappa shape index (κ1) is 14.1. The van der Waals surface area contributed by atoms with Crippen LogP contribution in [0.1, 0.15) is 25.3 Å². The van der Waals surface area contributed by atoms with Gasteiger partial charge < -0.3 is 10.2 Å². The van der Waals surface area contributed by atoms with Gasteiger partial charge in [-0.15, -0.1) is 0 Å². The van der Waals surface area contributed by atoms with Crippen molar-refractivity contribution in [3.8, 4) is 0 Å². The van der Waals surface area contributed by atoms with Crippen molar-refractivity contribution >= 4 is 17.6 Å². The minimum atomic E-state index is -0.388. The first-order valence-electron chi connectivity index (χ1n) is 6.68. The molecule has 0 bridgehead atoms. The van der Waals surface area contributed by atoms with Gasteiger partial charge >= 0.3 is 0 Å². The van der Waals surface area contributed by atoms with Gasteiger partial charge in [0.1, 0.15) is 5.82 Å². The molecule has 1 aromatic carbocycles. The maximum atomic E-state index is 13.1. The summed E-state index contributed by atoms with van der Waals surface area (Å²) in [6.45, 7) is 5.52. The van der Waals surface area contributed by atoms with E-state index >= 15 is 0 Å². The molecule has 0 unspecified atom stereocenters. The zero-order valence-electron chi connectivity index (χ0n) is 11.1. The number of rotatable bonds is 3. The van der Waals surface area contributed by atoms with Crippen LogP contribution in [0.15, 0.2) is 23.2 Å². The lowest BCUT2D eigenvalue weighted by Gasteiger charge is -2.20. The van der Waals surface area contributed by atoms with Gasteiger partial charge in [-0.2, -0.15) is 0 Å². The summed E-state index contributed by atoms with van der Waals surface area (Å²) in [5, 5.41) is 3.44. The normalized spacial score (nSPS) is 15.9. The Morgan fingerprint density at radius 2 is 2.16 bits per heavy atom. The molecule has 0 spiro atoms. The molecule has 0 radical (unpaired) electrons. The summed E-state index contributed by atoms with van der Waals surface area (Å²) < 4.78 is 13.1. The summed E-state index contributed by atoms with van der Waals surface area (Å²) in [6, 6.07) is 4.74. The van der Waals surface area contributed by atoms with E-state index in [2.05, 4.69) is 22.1 Å². The summed E-state index contributed by atoms with van der Waals surface area (Å²) in [4.78, 5) is 6.85. The SMILES string of the molecule is CCNC(=NCc1ccc(F)c(Cl)c1)N1CCCC1. The average molecular weight is 284 g/mol. The van der Waals surface area contributed by atoms with Crippen LogP contribution in [0.4, 0.5) is 4.39 Å². The molecule has 5 heteroatoms. The van der Waals surface area contributed by atoms with Crippen molar-refractivity contribution in [3.05, 3.63) is 34.6 Å². The van der Waals surface area contributed by atoms with Crippen LogP contribution in [0.25, 0.3) is 0 Å². The lowest BCUT2D eigenvalue weighted by Crippen LogP contribution is -2.39. The van der Waals surface area contributed by atoms with Crippen molar-refractivity contribution in [1.82, 2.24) is 10.2 Å². The van der Waals surface area contributed by atoms with Crippen molar-refractivity contribution in [1.29, 1.82) is 0 Å². The van der Waals surface area contributed by atoms with Gasteiger partial charge in [0, 0.05) is 19.6 Å². The Bertz CT molecular complexity index is 456. The highest BCUT2D eigenvalue weighted by Crippen LogP contribution is 2.17. The third-order valence-electron chi connectivity index (χ3n) is 3.14. The van der Waals surface area contributed by atoms with Crippen molar-refractivity contribution in [2.75, 3.05) is 19.6 Å². The summed E-state index contributed by atoms with van der Waals surface area (Å²) in [5.41, 5.74) is 0.918. The van der Waals surface area contributed by atoms with Crippen LogP contribution in [-0.2, 0) is 6.54 Å². The van der Waals surface area contributed by atoms with Crippen molar-refractivity contribution in [2.24, 2.45) is 4.99 Å². The van der Waals surface area contributed by atoms with Gasteiger partial charge in [-0.25, -0.2) is 9.38 Å². The third kappa shape index (κ3) is 3.83. The van der Waals surface area contributed by atoms with E-state index in [1.54, 1.807) is 12.1 Å². The van der Waals surface area contributed by atoms with E-state index in [4.69, 9.17) is 11.6 Å². The van der Waals surface area contributed by atoms with Crippen LogP contribution in [0.3, 0.4) is 0 Å². The fourth-order valence-electron chi connectivity index (χ4n) is 2.16. The average Bonchev–Trinajstić information content (AvgIpc) is 2.92. The second-order valence-electron chi connectivity index (χ2n) is 4.61. The molecule has 2 rings (SSSR count). The number of likely N-dealkylation sites (tertiary alicyclic amines) is 1. The van der Waals surface area contributed by atoms with Gasteiger partial charge in [-0.3, -0.25) is 0 Å². The monoisotopic (exact) mass is 283 g/mol. The first-order chi connectivity index (χ1) is 9.20. The molecule has 104 valence electrons. The van der Waals surface area contributed by atoms with Crippen molar-refractivity contribution < 1.29 is 4.39 Å². The molecule has 1 aliphatic heterocycles. The van der Waals surface area contributed by atoms with E-state index in [9.17, 15) is 4.39 Å². The minimum absolute atomic E-state index is 0.152. The van der Waals surface area contributed by atoms with Gasteiger partial charge in [-0.05, 0) is 37.5 Å². The Balaban J connectivity index is 2.06. The highest BCUT2D eigenvalue weighted by molar-refractivity contribution is 6.30. The Hall–Kier alpha value is -1.29. The number of hydrogen-bond acceptors (Lipinski definition) is 1. The van der Waals surface area contributed by atoms with E-state index in [0.29, 0.717) is 6.54 Å². The first-order valence-corrected chi connectivity index (χ1v) is 7.05. The summed E-state index contributed by atoms with van der Waals surface area (Å²) in [6.07, 6.45) is 2.43. The van der Waals surface area contributed by atoms with Crippen LogP contribution in [0, 0.1) is 5.82 Å². The fraction of sp³-hybridized carbons (Fsp3) is 0.500. The molecule has 1 fully saturated rings. The van der Waals surface area contributed by atoms with Gasteiger partial charge in [0.25, 0.3) is 0 Å². The topological polar surface area (TPSA) is 27.6 Å². The van der Waals surface area contributed by atoms with Gasteiger partial charge in [-0.1, -0.05) is 17.7 Å². The predicted molar refractivity (Wildman–Crippen MR) is 77.0 cm³/mol. The molecule has 1 heterocycles. The third-order valence-corrected chi connectivity index (χ3v) is 3.43. The van der Waals surface area contributed by atoms with Crippen LogP contribution in [0.5, 0.6) is 0 Å². The van der Waals surface area contributed by atoms with Crippen molar-refractivity contribution in [2.45, 2.75) is 26.3 Å². The molecule has 1 aromatic rings. The zero-order chi connectivity index (χ0) is 13.7. The Labute approximate surface area is 118 Å². The number of benzene rings is 1. The molecule has 0 aromatic heterocycles. The lowest BCUT2D eigenvalue weighted by molar-refractivity contribution is 0.493. The van der Waals surface area contributed by atoms with Crippen LogP contribution >= 0.6 is 11.6 Å². The Kier molecular flexibility index (Phi) is 5.02. The standard InChI is InChI=1S/C14H19ClFN3/c1-2-17-14(19-7-3-4-8-19)18-10-11-5-6-13(16)12(15)9-11/h5-6,9H,2-4,7-8,10H2,1H3,(H,17,18). The van der Waals surface area contributed by atoms with E-state index in [1.807, 2.05) is 0 Å². The maximum absolute atomic E-state index is 13.1. The Morgan fingerprint density at radius 1 is 1.42 bits per heavy atom. The number of halogens is 2. The summed E-state index contributed by atoms with van der Waals surface area (Å²) >= 11 is 5.77. The Morgan fingerprint density at radius 3 is 2.79 bits per heavy atom. The highest BCUT2D eigenvalue weighted by atomic mass is 35.5. The molecule has 0 saturated carbocycles. The fourth-order valence-corrected chi connectivity index (χ4v) is 2.36. The maximum Gasteiger partial charge on any atom is 0.194 e. The van der Waals surface area contributed by atoms with Gasteiger partial charge in [0.15, 0.2) is 5.96 Å². The number of aliphatic imine (C=N–C) groups is 1. The van der Waals surface area contributed by atoms with E-state index in [0.717, 1.165) is 31.2 Å². The number of nitrogens with one attached hydrogen (secondary N) is 1. The molecule has 1 N–H and O–H groups in total. The predicted octanol–water partition coefficient (Wildman–Crippen LogP) is 3.04. The molecule has 1 aliphatic rings. The molecule has 0 atom stereocenters. The van der Waals surface area contributed by atoms with Crippen LogP contribution < -0.4 is 5.32 Å². The zero-order valence-corrected chi connectivity index (χ0v) is 11.9. The number of nitrogens with zero attached hydrogens (tertiary/aromatic N) is 2. The molecule has 3 nitrogen and oxygen atoms in total. The van der Waals surface area contributed by atoms with Gasteiger partial charge in [0.2, 0.25) is 0 Å². The molecular weight excluding hydrogens is 265 g/mol. The molecule has 0 amide bonds. The second-order valence-corrected chi connectivity index (χ2v) is 5.02.